The number of para-hydroxylation sites is 3. The number of hydrogen-bond donors (Lipinski definition) is 0. The lowest BCUT2D eigenvalue weighted by Gasteiger charge is -2.09. The summed E-state index contributed by atoms with van der Waals surface area (Å²) < 4.78 is 15.6. The van der Waals surface area contributed by atoms with Crippen LogP contribution in [0.3, 0.4) is 0 Å². The van der Waals surface area contributed by atoms with Crippen molar-refractivity contribution in [2.24, 2.45) is 0 Å². The van der Waals surface area contributed by atoms with Crippen LogP contribution in [-0.4, -0.2) is 14.5 Å². The first-order chi connectivity index (χ1) is 19.4. The Kier molecular flexibility index (Phi) is 3.99. The Morgan fingerprint density at radius 3 is 1.92 bits per heavy atom. The van der Waals surface area contributed by atoms with Crippen molar-refractivity contribution in [2.45, 2.75) is 0 Å². The van der Waals surface area contributed by atoms with Gasteiger partial charge in [0.15, 0.2) is 5.58 Å². The van der Waals surface area contributed by atoms with Gasteiger partial charge in [0.25, 0.3) is 0 Å². The van der Waals surface area contributed by atoms with Crippen molar-refractivity contribution in [3.63, 3.8) is 0 Å². The molecule has 0 atom stereocenters. The third-order valence-electron chi connectivity index (χ3n) is 7.65. The molecule has 0 radical (unpaired) electrons. The largest absolute Gasteiger partial charge is 0.455 e. The smallest absolute Gasteiger partial charge is 0.161 e. The quantitative estimate of drug-likeness (QED) is 0.237. The van der Waals surface area contributed by atoms with Gasteiger partial charge < -0.3 is 8.83 Å². The molecule has 5 nitrogen and oxygen atoms in total. The highest BCUT2D eigenvalue weighted by Crippen LogP contribution is 2.48. The summed E-state index contributed by atoms with van der Waals surface area (Å²) in [6, 6.07) is 36.8. The van der Waals surface area contributed by atoms with Gasteiger partial charge in [-0.3, -0.25) is 9.55 Å². The number of rotatable bonds is 2. The zero-order valence-corrected chi connectivity index (χ0v) is 20.6. The Labute approximate surface area is 221 Å². The molecular formula is C34H19N3O2. The molecule has 5 heteroatoms. The number of aromatic nitrogens is 3. The van der Waals surface area contributed by atoms with Crippen molar-refractivity contribution < 1.29 is 8.83 Å². The molecule has 0 saturated heterocycles. The summed E-state index contributed by atoms with van der Waals surface area (Å²) in [4.78, 5) is 9.63. The zero-order chi connectivity index (χ0) is 25.5. The van der Waals surface area contributed by atoms with Crippen molar-refractivity contribution in [2.75, 3.05) is 0 Å². The Morgan fingerprint density at radius 2 is 1.15 bits per heavy atom. The first kappa shape index (κ1) is 20.6. The molecule has 0 aliphatic heterocycles. The average molecular weight is 502 g/mol. The first-order valence-electron chi connectivity index (χ1n) is 12.9. The van der Waals surface area contributed by atoms with Gasteiger partial charge in [0, 0.05) is 33.1 Å². The maximum absolute atomic E-state index is 6.70. The SMILES string of the molecule is c1ccc(-c2cccc(-n3c4ccccc4c4c5oc6ccccc6c5c5c6ccccc6oc5c43)n2)nc1. The summed E-state index contributed by atoms with van der Waals surface area (Å²) in [5.41, 5.74) is 7.01. The van der Waals surface area contributed by atoms with Gasteiger partial charge in [-0.05, 0) is 42.5 Å². The van der Waals surface area contributed by atoms with Crippen LogP contribution >= 0.6 is 0 Å². The molecular weight excluding hydrogens is 482 g/mol. The molecule has 0 amide bonds. The molecule has 182 valence electrons. The van der Waals surface area contributed by atoms with Gasteiger partial charge >= 0.3 is 0 Å². The molecule has 0 spiro atoms. The van der Waals surface area contributed by atoms with E-state index in [9.17, 15) is 0 Å². The molecule has 0 bridgehead atoms. The van der Waals surface area contributed by atoms with E-state index in [4.69, 9.17) is 13.8 Å². The number of furan rings is 2. The average Bonchev–Trinajstić information content (AvgIpc) is 3.67. The second-order valence-electron chi connectivity index (χ2n) is 9.78. The summed E-state index contributed by atoms with van der Waals surface area (Å²) in [5, 5.41) is 6.40. The minimum Gasteiger partial charge on any atom is -0.455 e. The number of hydrogen-bond acceptors (Lipinski definition) is 4. The minimum absolute atomic E-state index is 0.793. The molecule has 0 fully saturated rings. The highest BCUT2D eigenvalue weighted by molar-refractivity contribution is 6.38. The fraction of sp³-hybridized carbons (Fsp3) is 0. The lowest BCUT2D eigenvalue weighted by molar-refractivity contribution is 0.667. The molecule has 0 N–H and O–H groups in total. The summed E-state index contributed by atoms with van der Waals surface area (Å²) >= 11 is 0. The Morgan fingerprint density at radius 1 is 0.513 bits per heavy atom. The van der Waals surface area contributed by atoms with E-state index in [2.05, 4.69) is 58.1 Å². The van der Waals surface area contributed by atoms with Crippen molar-refractivity contribution in [1.29, 1.82) is 0 Å². The van der Waals surface area contributed by atoms with Crippen LogP contribution in [0.4, 0.5) is 0 Å². The van der Waals surface area contributed by atoms with E-state index >= 15 is 0 Å². The molecule has 0 aliphatic rings. The van der Waals surface area contributed by atoms with Gasteiger partial charge in [-0.25, -0.2) is 4.98 Å². The Hall–Kier alpha value is -5.42. The zero-order valence-electron chi connectivity index (χ0n) is 20.6. The third-order valence-corrected chi connectivity index (χ3v) is 7.65. The molecule has 9 rings (SSSR count). The molecule has 9 aromatic rings. The molecule has 5 aromatic heterocycles. The maximum atomic E-state index is 6.70. The fourth-order valence-electron chi connectivity index (χ4n) is 6.06. The van der Waals surface area contributed by atoms with E-state index in [1.165, 1.54) is 0 Å². The number of benzene rings is 4. The summed E-state index contributed by atoms with van der Waals surface area (Å²) in [7, 11) is 0. The van der Waals surface area contributed by atoms with Crippen molar-refractivity contribution in [1.82, 2.24) is 14.5 Å². The lowest BCUT2D eigenvalue weighted by Crippen LogP contribution is -1.99. The van der Waals surface area contributed by atoms with Gasteiger partial charge in [-0.1, -0.05) is 66.7 Å². The maximum Gasteiger partial charge on any atom is 0.161 e. The lowest BCUT2D eigenvalue weighted by atomic mass is 10.0. The van der Waals surface area contributed by atoms with Crippen LogP contribution in [0.25, 0.3) is 82.9 Å². The monoisotopic (exact) mass is 501 g/mol. The van der Waals surface area contributed by atoms with Crippen molar-refractivity contribution in [3.8, 4) is 17.2 Å². The van der Waals surface area contributed by atoms with E-state index < -0.39 is 0 Å². The van der Waals surface area contributed by atoms with Gasteiger partial charge in [0.05, 0.1) is 22.3 Å². The predicted molar refractivity (Wildman–Crippen MR) is 156 cm³/mol. The summed E-state index contributed by atoms with van der Waals surface area (Å²) in [5.74, 6) is 0.793. The molecule has 5 heterocycles. The predicted octanol–water partition coefficient (Wildman–Crippen LogP) is 9.04. The van der Waals surface area contributed by atoms with E-state index in [1.807, 2.05) is 60.7 Å². The van der Waals surface area contributed by atoms with Crippen LogP contribution < -0.4 is 0 Å². The van der Waals surface area contributed by atoms with Crippen LogP contribution in [0.15, 0.2) is 124 Å². The fourth-order valence-corrected chi connectivity index (χ4v) is 6.06. The molecule has 0 unspecified atom stereocenters. The highest BCUT2D eigenvalue weighted by atomic mass is 16.3. The van der Waals surface area contributed by atoms with Crippen molar-refractivity contribution in [3.05, 3.63) is 115 Å². The molecule has 39 heavy (non-hydrogen) atoms. The second kappa shape index (κ2) is 7.55. The number of pyridine rings is 2. The van der Waals surface area contributed by atoms with Crippen LogP contribution in [0.2, 0.25) is 0 Å². The van der Waals surface area contributed by atoms with Crippen LogP contribution in [0.5, 0.6) is 0 Å². The summed E-state index contributed by atoms with van der Waals surface area (Å²) in [6.07, 6.45) is 1.79. The molecule has 4 aromatic carbocycles. The van der Waals surface area contributed by atoms with Gasteiger partial charge in [0.1, 0.15) is 28.1 Å². The minimum atomic E-state index is 0.793. The summed E-state index contributed by atoms with van der Waals surface area (Å²) in [6.45, 7) is 0. The second-order valence-corrected chi connectivity index (χ2v) is 9.78. The molecule has 0 aliphatic carbocycles. The highest BCUT2D eigenvalue weighted by Gasteiger charge is 2.26. The standard InChI is InChI=1S/C34H19N3O2/c1-4-15-25-20(10-1)31-32(37(25)28-18-9-14-24(36-28)23-13-7-8-19-35-23)34-30(22-12-3-6-17-27(22)39-34)29-21-11-2-5-16-26(21)38-33(29)31/h1-19H. The van der Waals surface area contributed by atoms with E-state index in [0.717, 1.165) is 82.9 Å². The van der Waals surface area contributed by atoms with Crippen LogP contribution in [0, 0.1) is 0 Å². The number of nitrogens with zero attached hydrogens (tertiary/aromatic N) is 3. The third kappa shape index (κ3) is 2.73. The van der Waals surface area contributed by atoms with Gasteiger partial charge in [-0.2, -0.15) is 0 Å². The van der Waals surface area contributed by atoms with Gasteiger partial charge in [-0.15, -0.1) is 0 Å². The first-order valence-corrected chi connectivity index (χ1v) is 12.9. The normalized spacial score (nSPS) is 12.1. The number of fused-ring (bicyclic) bond motifs is 12. The topological polar surface area (TPSA) is 57.0 Å². The van der Waals surface area contributed by atoms with Crippen LogP contribution in [-0.2, 0) is 0 Å². The Balaban J connectivity index is 1.55. The Bertz CT molecular complexity index is 2390. The van der Waals surface area contributed by atoms with Crippen LogP contribution in [0.1, 0.15) is 0 Å². The van der Waals surface area contributed by atoms with Gasteiger partial charge in [0.2, 0.25) is 0 Å². The van der Waals surface area contributed by atoms with E-state index in [-0.39, 0.29) is 0 Å². The molecule has 0 saturated carbocycles. The van der Waals surface area contributed by atoms with E-state index in [0.29, 0.717) is 0 Å². The van der Waals surface area contributed by atoms with Crippen molar-refractivity contribution >= 4 is 65.7 Å². The van der Waals surface area contributed by atoms with E-state index in [1.54, 1.807) is 6.20 Å².